The molecule has 0 aromatic carbocycles. The van der Waals surface area contributed by atoms with Gasteiger partial charge in [0.25, 0.3) is 0 Å². The molecule has 0 saturated carbocycles. The molecule has 1 aromatic heterocycles. The Labute approximate surface area is 92.1 Å². The van der Waals surface area contributed by atoms with Crippen molar-refractivity contribution < 1.29 is 0 Å². The lowest BCUT2D eigenvalue weighted by Crippen LogP contribution is -2.29. The topological polar surface area (TPSA) is 21.1 Å². The molecule has 1 fully saturated rings. The van der Waals surface area contributed by atoms with Crippen molar-refractivity contribution in [3.63, 3.8) is 0 Å². The van der Waals surface area contributed by atoms with E-state index in [1.807, 2.05) is 6.33 Å². The van der Waals surface area contributed by atoms with Crippen molar-refractivity contribution in [2.24, 2.45) is 0 Å². The number of aromatic nitrogens is 2. The summed E-state index contributed by atoms with van der Waals surface area (Å²) in [6, 6.07) is 0.521. The number of imidazole rings is 1. The van der Waals surface area contributed by atoms with Gasteiger partial charge in [-0.05, 0) is 39.8 Å². The van der Waals surface area contributed by atoms with Crippen LogP contribution in [-0.4, -0.2) is 27.5 Å². The van der Waals surface area contributed by atoms with E-state index >= 15 is 0 Å². The van der Waals surface area contributed by atoms with Gasteiger partial charge in [-0.3, -0.25) is 4.90 Å². The average Bonchev–Trinajstić information content (AvgIpc) is 2.68. The third-order valence-electron chi connectivity index (χ3n) is 3.09. The normalized spacial score (nSPS) is 18.6. The summed E-state index contributed by atoms with van der Waals surface area (Å²) in [5.74, 6) is 0. The molecular weight excluding hydrogens is 186 g/mol. The molecule has 1 aromatic rings. The highest BCUT2D eigenvalue weighted by atomic mass is 15.1. The second-order valence-electron chi connectivity index (χ2n) is 4.74. The lowest BCUT2D eigenvalue weighted by atomic mass is 10.1. The van der Waals surface area contributed by atoms with E-state index in [0.717, 1.165) is 6.54 Å². The van der Waals surface area contributed by atoms with E-state index in [-0.39, 0.29) is 0 Å². The highest BCUT2D eigenvalue weighted by Crippen LogP contribution is 2.13. The van der Waals surface area contributed by atoms with Crippen molar-refractivity contribution >= 4 is 0 Å². The number of piperidine rings is 1. The van der Waals surface area contributed by atoms with E-state index in [0.29, 0.717) is 6.04 Å². The molecule has 1 saturated heterocycles. The van der Waals surface area contributed by atoms with Crippen molar-refractivity contribution in [2.45, 2.75) is 45.7 Å². The molecule has 1 aliphatic heterocycles. The molecule has 15 heavy (non-hydrogen) atoms. The smallest absolute Gasteiger partial charge is 0.0952 e. The Morgan fingerprint density at radius 2 is 2.00 bits per heavy atom. The van der Waals surface area contributed by atoms with Gasteiger partial charge in [-0.25, -0.2) is 4.98 Å². The molecule has 3 nitrogen and oxygen atoms in total. The summed E-state index contributed by atoms with van der Waals surface area (Å²) in [4.78, 5) is 6.96. The van der Waals surface area contributed by atoms with Crippen LogP contribution in [0.15, 0.2) is 12.5 Å². The zero-order chi connectivity index (χ0) is 10.7. The van der Waals surface area contributed by atoms with E-state index in [1.54, 1.807) is 0 Å². The van der Waals surface area contributed by atoms with E-state index in [4.69, 9.17) is 0 Å². The number of nitrogens with zero attached hydrogens (tertiary/aromatic N) is 3. The molecule has 0 aliphatic carbocycles. The van der Waals surface area contributed by atoms with Crippen LogP contribution >= 0.6 is 0 Å². The van der Waals surface area contributed by atoms with E-state index in [9.17, 15) is 0 Å². The van der Waals surface area contributed by atoms with Gasteiger partial charge in [-0.2, -0.15) is 0 Å². The molecule has 0 bridgehead atoms. The minimum atomic E-state index is 0.521. The van der Waals surface area contributed by atoms with Crippen LogP contribution < -0.4 is 0 Å². The largest absolute Gasteiger partial charge is 0.335 e. The van der Waals surface area contributed by atoms with Gasteiger partial charge >= 0.3 is 0 Å². The summed E-state index contributed by atoms with van der Waals surface area (Å²) in [5, 5.41) is 0. The Hall–Kier alpha value is -0.830. The Morgan fingerprint density at radius 3 is 2.60 bits per heavy atom. The summed E-state index contributed by atoms with van der Waals surface area (Å²) in [6.07, 6.45) is 8.23. The van der Waals surface area contributed by atoms with E-state index in [2.05, 4.69) is 34.5 Å². The van der Waals surface area contributed by atoms with Gasteiger partial charge in [0.2, 0.25) is 0 Å². The van der Waals surface area contributed by atoms with Crippen molar-refractivity contribution in [3.05, 3.63) is 18.2 Å². The molecule has 2 heterocycles. The maximum absolute atomic E-state index is 4.45. The van der Waals surface area contributed by atoms with Gasteiger partial charge in [0.1, 0.15) is 0 Å². The zero-order valence-corrected chi connectivity index (χ0v) is 9.82. The third kappa shape index (κ3) is 2.81. The maximum Gasteiger partial charge on any atom is 0.0952 e. The molecule has 0 radical (unpaired) electrons. The summed E-state index contributed by atoms with van der Waals surface area (Å²) in [5.41, 5.74) is 1.21. The number of hydrogen-bond donors (Lipinski definition) is 0. The number of hydrogen-bond acceptors (Lipinski definition) is 2. The van der Waals surface area contributed by atoms with Crippen molar-refractivity contribution in [2.75, 3.05) is 13.1 Å². The molecule has 0 unspecified atom stereocenters. The van der Waals surface area contributed by atoms with Crippen LogP contribution in [0.5, 0.6) is 0 Å². The first-order chi connectivity index (χ1) is 7.25. The summed E-state index contributed by atoms with van der Waals surface area (Å²) < 4.78 is 2.18. The molecule has 1 aliphatic rings. The molecule has 3 heteroatoms. The molecule has 84 valence electrons. The quantitative estimate of drug-likeness (QED) is 0.759. The predicted molar refractivity (Wildman–Crippen MR) is 61.7 cm³/mol. The fourth-order valence-electron chi connectivity index (χ4n) is 2.09. The van der Waals surface area contributed by atoms with Crippen LogP contribution in [0.3, 0.4) is 0 Å². The minimum absolute atomic E-state index is 0.521. The van der Waals surface area contributed by atoms with Crippen LogP contribution in [0.1, 0.15) is 44.8 Å². The molecule has 0 N–H and O–H groups in total. The van der Waals surface area contributed by atoms with E-state index < -0.39 is 0 Å². The van der Waals surface area contributed by atoms with Gasteiger partial charge in [0.15, 0.2) is 0 Å². The van der Waals surface area contributed by atoms with E-state index in [1.165, 1.54) is 38.0 Å². The second-order valence-corrected chi connectivity index (χ2v) is 4.74. The number of rotatable bonds is 3. The summed E-state index contributed by atoms with van der Waals surface area (Å²) in [6.45, 7) is 7.89. The average molecular weight is 207 g/mol. The van der Waals surface area contributed by atoms with Crippen molar-refractivity contribution in [1.82, 2.24) is 14.5 Å². The first kappa shape index (κ1) is 10.7. The fourth-order valence-corrected chi connectivity index (χ4v) is 2.09. The van der Waals surface area contributed by atoms with Crippen LogP contribution in [0.25, 0.3) is 0 Å². The van der Waals surface area contributed by atoms with Crippen molar-refractivity contribution in [1.29, 1.82) is 0 Å². The van der Waals surface area contributed by atoms with Gasteiger partial charge in [-0.15, -0.1) is 0 Å². The van der Waals surface area contributed by atoms with Gasteiger partial charge in [0.05, 0.1) is 12.0 Å². The Kier molecular flexibility index (Phi) is 3.41. The van der Waals surface area contributed by atoms with Crippen LogP contribution in [0.2, 0.25) is 0 Å². The van der Waals surface area contributed by atoms with Crippen LogP contribution in [-0.2, 0) is 6.54 Å². The maximum atomic E-state index is 4.45. The lowest BCUT2D eigenvalue weighted by Gasteiger charge is -2.25. The second kappa shape index (κ2) is 4.79. The highest BCUT2D eigenvalue weighted by molar-refractivity contribution is 4.97. The van der Waals surface area contributed by atoms with Crippen LogP contribution in [0.4, 0.5) is 0 Å². The van der Waals surface area contributed by atoms with Crippen molar-refractivity contribution in [3.8, 4) is 0 Å². The fraction of sp³-hybridized carbons (Fsp3) is 0.750. The Balaban J connectivity index is 1.91. The SMILES string of the molecule is CC(C)n1cnc(CN2CCCCC2)c1. The standard InChI is InChI=1S/C12H21N3/c1-11(2)15-9-12(13-10-15)8-14-6-4-3-5-7-14/h9-11H,3-8H2,1-2H3. The predicted octanol–water partition coefficient (Wildman–Crippen LogP) is 2.45. The molecule has 2 rings (SSSR count). The van der Waals surface area contributed by atoms with Gasteiger partial charge in [0, 0.05) is 18.8 Å². The minimum Gasteiger partial charge on any atom is -0.335 e. The zero-order valence-electron chi connectivity index (χ0n) is 9.82. The lowest BCUT2D eigenvalue weighted by molar-refractivity contribution is 0.218. The molecule has 0 atom stereocenters. The Bertz CT molecular complexity index is 298. The van der Waals surface area contributed by atoms with Gasteiger partial charge < -0.3 is 4.57 Å². The molecular formula is C12H21N3. The first-order valence-corrected chi connectivity index (χ1v) is 6.00. The summed E-state index contributed by atoms with van der Waals surface area (Å²) in [7, 11) is 0. The Morgan fingerprint density at radius 1 is 1.27 bits per heavy atom. The van der Waals surface area contributed by atoms with Gasteiger partial charge in [-0.1, -0.05) is 6.42 Å². The van der Waals surface area contributed by atoms with Crippen LogP contribution in [0, 0.1) is 0 Å². The highest BCUT2D eigenvalue weighted by Gasteiger charge is 2.11. The first-order valence-electron chi connectivity index (χ1n) is 6.00. The molecule has 0 spiro atoms. The third-order valence-corrected chi connectivity index (χ3v) is 3.09. The molecule has 0 amide bonds. The summed E-state index contributed by atoms with van der Waals surface area (Å²) >= 11 is 0. The monoisotopic (exact) mass is 207 g/mol. The number of likely N-dealkylation sites (tertiary alicyclic amines) is 1.